The Morgan fingerprint density at radius 2 is 2.27 bits per heavy atom. The maximum atomic E-state index is 10.3. The number of rotatable bonds is 2. The second-order valence-electron chi connectivity index (χ2n) is 2.63. The molecule has 3 atom stereocenters. The molecule has 0 aliphatic carbocycles. The number of carbonyl (C=O) groups is 1. The highest BCUT2D eigenvalue weighted by Gasteiger charge is 2.35. The van der Waals surface area contributed by atoms with Crippen molar-refractivity contribution in [2.75, 3.05) is 13.2 Å². The number of aliphatic carboxylic acids is 1. The molecule has 0 spiro atoms. The first-order chi connectivity index (χ1) is 5.13. The zero-order valence-electron chi connectivity index (χ0n) is 5.93. The van der Waals surface area contributed by atoms with Gasteiger partial charge in [-0.15, -0.1) is 0 Å². The van der Waals surface area contributed by atoms with Crippen LogP contribution in [0.25, 0.3) is 0 Å². The Morgan fingerprint density at radius 1 is 1.64 bits per heavy atom. The number of aliphatic hydroxyl groups is 1. The molecule has 1 heterocycles. The van der Waals surface area contributed by atoms with Gasteiger partial charge in [0, 0.05) is 5.92 Å². The molecule has 4 N–H and O–H groups in total. The summed E-state index contributed by atoms with van der Waals surface area (Å²) in [6.45, 7) is 0.417. The first-order valence-corrected chi connectivity index (χ1v) is 3.37. The number of nitrogens with two attached hydrogens (primary N) is 1. The smallest absolute Gasteiger partial charge is 0.320 e. The molecule has 1 fully saturated rings. The van der Waals surface area contributed by atoms with Crippen molar-refractivity contribution in [1.29, 1.82) is 0 Å². The van der Waals surface area contributed by atoms with Crippen molar-refractivity contribution >= 4 is 5.97 Å². The lowest BCUT2D eigenvalue weighted by molar-refractivity contribution is -0.140. The van der Waals surface area contributed by atoms with E-state index in [2.05, 4.69) is 0 Å². The molecule has 2 unspecified atom stereocenters. The summed E-state index contributed by atoms with van der Waals surface area (Å²) in [6.07, 6.45) is -0.735. The fourth-order valence-corrected chi connectivity index (χ4v) is 1.09. The number of hydrogen-bond acceptors (Lipinski definition) is 4. The summed E-state index contributed by atoms with van der Waals surface area (Å²) in [5, 5.41) is 17.6. The molecule has 1 aliphatic heterocycles. The Kier molecular flexibility index (Phi) is 2.43. The highest BCUT2D eigenvalue weighted by atomic mass is 16.5. The van der Waals surface area contributed by atoms with E-state index in [1.54, 1.807) is 0 Å². The van der Waals surface area contributed by atoms with Gasteiger partial charge in [-0.1, -0.05) is 0 Å². The molecule has 0 aromatic carbocycles. The Bertz CT molecular complexity index is 161. The van der Waals surface area contributed by atoms with Gasteiger partial charge in [-0.05, 0) is 0 Å². The lowest BCUT2D eigenvalue weighted by Gasteiger charge is -2.15. The van der Waals surface area contributed by atoms with E-state index in [9.17, 15) is 4.79 Å². The van der Waals surface area contributed by atoms with Gasteiger partial charge in [0.25, 0.3) is 0 Å². The maximum absolute atomic E-state index is 10.3. The summed E-state index contributed by atoms with van der Waals surface area (Å²) in [4.78, 5) is 10.3. The predicted molar refractivity (Wildman–Crippen MR) is 35.9 cm³/mol. The largest absolute Gasteiger partial charge is 0.480 e. The lowest BCUT2D eigenvalue weighted by atomic mass is 9.98. The van der Waals surface area contributed by atoms with Gasteiger partial charge in [-0.2, -0.15) is 0 Å². The summed E-state index contributed by atoms with van der Waals surface area (Å²) in [5.41, 5.74) is 5.27. The molecule has 64 valence electrons. The van der Waals surface area contributed by atoms with Crippen molar-refractivity contribution in [3.63, 3.8) is 0 Å². The van der Waals surface area contributed by atoms with Gasteiger partial charge in [0.15, 0.2) is 0 Å². The topological polar surface area (TPSA) is 92.8 Å². The van der Waals surface area contributed by atoms with Crippen LogP contribution in [-0.4, -0.2) is 41.5 Å². The van der Waals surface area contributed by atoms with E-state index in [1.807, 2.05) is 0 Å². The van der Waals surface area contributed by atoms with Gasteiger partial charge in [-0.25, -0.2) is 0 Å². The van der Waals surface area contributed by atoms with E-state index in [0.717, 1.165) is 0 Å². The summed E-state index contributed by atoms with van der Waals surface area (Å²) in [7, 11) is 0. The average Bonchev–Trinajstić information content (AvgIpc) is 2.33. The number of carboxylic acids is 1. The predicted octanol–water partition coefficient (Wildman–Crippen LogP) is -1.59. The van der Waals surface area contributed by atoms with Gasteiger partial charge in [0.1, 0.15) is 6.04 Å². The third kappa shape index (κ3) is 1.68. The van der Waals surface area contributed by atoms with Crippen LogP contribution in [0.4, 0.5) is 0 Å². The Hall–Kier alpha value is -0.650. The first-order valence-electron chi connectivity index (χ1n) is 3.37. The highest BCUT2D eigenvalue weighted by molar-refractivity contribution is 5.73. The number of ether oxygens (including phenoxy) is 1. The van der Waals surface area contributed by atoms with Crippen molar-refractivity contribution in [3.05, 3.63) is 0 Å². The van der Waals surface area contributed by atoms with Gasteiger partial charge < -0.3 is 20.7 Å². The number of aliphatic hydroxyl groups excluding tert-OH is 1. The molecule has 0 aromatic rings. The molecule has 1 saturated heterocycles. The zero-order valence-corrected chi connectivity index (χ0v) is 5.93. The van der Waals surface area contributed by atoms with Crippen LogP contribution < -0.4 is 5.73 Å². The van der Waals surface area contributed by atoms with E-state index >= 15 is 0 Å². The van der Waals surface area contributed by atoms with E-state index in [-0.39, 0.29) is 13.2 Å². The normalized spacial score (nSPS) is 33.6. The molecule has 5 heteroatoms. The maximum Gasteiger partial charge on any atom is 0.320 e. The molecule has 5 nitrogen and oxygen atoms in total. The SMILES string of the molecule is N[C@@H](C(=O)O)C1COCC1O. The second-order valence-corrected chi connectivity index (χ2v) is 2.63. The molecule has 0 radical (unpaired) electrons. The van der Waals surface area contributed by atoms with Crippen LogP contribution in [0, 0.1) is 5.92 Å². The van der Waals surface area contributed by atoms with Crippen LogP contribution in [-0.2, 0) is 9.53 Å². The van der Waals surface area contributed by atoms with E-state index in [1.165, 1.54) is 0 Å². The minimum atomic E-state index is -1.10. The minimum Gasteiger partial charge on any atom is -0.480 e. The van der Waals surface area contributed by atoms with Crippen LogP contribution in [0.15, 0.2) is 0 Å². The van der Waals surface area contributed by atoms with Gasteiger partial charge >= 0.3 is 5.97 Å². The molecule has 1 aliphatic rings. The van der Waals surface area contributed by atoms with E-state index < -0.39 is 24.0 Å². The Balaban J connectivity index is 2.52. The van der Waals surface area contributed by atoms with Crippen molar-refractivity contribution < 1.29 is 19.7 Å². The molecule has 0 bridgehead atoms. The Labute approximate surface area is 63.8 Å². The van der Waals surface area contributed by atoms with E-state index in [4.69, 9.17) is 20.7 Å². The lowest BCUT2D eigenvalue weighted by Crippen LogP contribution is -2.43. The minimum absolute atomic E-state index is 0.186. The molecule has 1 rings (SSSR count). The van der Waals surface area contributed by atoms with Crippen molar-refractivity contribution in [2.45, 2.75) is 12.1 Å². The fraction of sp³-hybridized carbons (Fsp3) is 0.833. The molecule has 0 saturated carbocycles. The van der Waals surface area contributed by atoms with Crippen LogP contribution >= 0.6 is 0 Å². The van der Waals surface area contributed by atoms with Crippen molar-refractivity contribution in [1.82, 2.24) is 0 Å². The van der Waals surface area contributed by atoms with Gasteiger partial charge in [0.2, 0.25) is 0 Å². The quantitative estimate of drug-likeness (QED) is 0.454. The van der Waals surface area contributed by atoms with Gasteiger partial charge in [-0.3, -0.25) is 4.79 Å². The fourth-order valence-electron chi connectivity index (χ4n) is 1.09. The molecular weight excluding hydrogens is 150 g/mol. The zero-order chi connectivity index (χ0) is 8.43. The van der Waals surface area contributed by atoms with E-state index in [0.29, 0.717) is 0 Å². The van der Waals surface area contributed by atoms with Crippen LogP contribution in [0.1, 0.15) is 0 Å². The van der Waals surface area contributed by atoms with Crippen molar-refractivity contribution in [3.8, 4) is 0 Å². The molecule has 0 amide bonds. The third-order valence-corrected chi connectivity index (χ3v) is 1.84. The third-order valence-electron chi connectivity index (χ3n) is 1.84. The molecule has 0 aromatic heterocycles. The summed E-state index contributed by atoms with van der Waals surface area (Å²) >= 11 is 0. The molecule has 11 heavy (non-hydrogen) atoms. The first kappa shape index (κ1) is 8.45. The highest BCUT2D eigenvalue weighted by Crippen LogP contribution is 2.16. The number of carboxylic acid groups (broad SMARTS) is 1. The Morgan fingerprint density at radius 3 is 2.64 bits per heavy atom. The van der Waals surface area contributed by atoms with Gasteiger partial charge in [0.05, 0.1) is 19.3 Å². The summed E-state index contributed by atoms with van der Waals surface area (Å²) < 4.78 is 4.85. The summed E-state index contributed by atoms with van der Waals surface area (Å²) in [6, 6.07) is -1.02. The van der Waals surface area contributed by atoms with Crippen LogP contribution in [0.5, 0.6) is 0 Å². The van der Waals surface area contributed by atoms with Crippen LogP contribution in [0.2, 0.25) is 0 Å². The monoisotopic (exact) mass is 161 g/mol. The summed E-state index contributed by atoms with van der Waals surface area (Å²) in [5.74, 6) is -1.56. The van der Waals surface area contributed by atoms with Crippen LogP contribution in [0.3, 0.4) is 0 Å². The number of hydrogen-bond donors (Lipinski definition) is 3. The average molecular weight is 161 g/mol. The second kappa shape index (κ2) is 3.17. The van der Waals surface area contributed by atoms with Crippen molar-refractivity contribution in [2.24, 2.45) is 11.7 Å². The molecular formula is C6H11NO4. The standard InChI is InChI=1S/C6H11NO4/c7-5(6(9)10)3-1-11-2-4(3)8/h3-5,8H,1-2,7H2,(H,9,10)/t3?,4?,5-/m1/s1.